The highest BCUT2D eigenvalue weighted by Crippen LogP contribution is 2.47. The van der Waals surface area contributed by atoms with Crippen molar-refractivity contribution in [3.63, 3.8) is 0 Å². The number of rotatable bonds is 8. The zero-order valence-electron chi connectivity index (χ0n) is 18.8. The van der Waals surface area contributed by atoms with E-state index in [-0.39, 0.29) is 49.2 Å². The minimum Gasteiger partial charge on any atom is -0.487 e. The van der Waals surface area contributed by atoms with Crippen molar-refractivity contribution in [2.24, 2.45) is 5.92 Å². The number of ether oxygens (including phenoxy) is 2. The van der Waals surface area contributed by atoms with Crippen LogP contribution in [0.3, 0.4) is 0 Å². The van der Waals surface area contributed by atoms with Crippen molar-refractivity contribution < 1.29 is 28.6 Å². The number of halogens is 1. The molecule has 180 valence electrons. The standard InChI is InChI=1S/C26H29FN2O5/c27-17-3-1-2-16(8-17)13-28-24(31)12-19-11-21-20-10-18(29-25(32)9-15-4-5-15)6-7-22(20)34-26(21)23(14-30)33-19/h1-3,6-8,10,15,19,21,23,26,30H,4-5,9,11-14H2,(H,28,31)(H,29,32)/t19-,21-,23+,26+/m0/s1. The molecule has 2 aromatic rings. The molecule has 3 N–H and O–H groups in total. The number of fused-ring (bicyclic) bond motifs is 3. The third kappa shape index (κ3) is 5.23. The molecule has 0 bridgehead atoms. The number of nitrogens with one attached hydrogen (secondary N) is 2. The van der Waals surface area contributed by atoms with Crippen molar-refractivity contribution >= 4 is 17.5 Å². The molecule has 0 radical (unpaired) electrons. The van der Waals surface area contributed by atoms with E-state index in [1.165, 1.54) is 12.1 Å². The van der Waals surface area contributed by atoms with Crippen LogP contribution in [0.2, 0.25) is 0 Å². The summed E-state index contributed by atoms with van der Waals surface area (Å²) in [6, 6.07) is 11.7. The van der Waals surface area contributed by atoms with Crippen molar-refractivity contribution in [2.45, 2.75) is 62.9 Å². The van der Waals surface area contributed by atoms with Gasteiger partial charge >= 0.3 is 0 Å². The Kier molecular flexibility index (Phi) is 6.52. The van der Waals surface area contributed by atoms with E-state index in [2.05, 4.69) is 10.6 Å². The normalized spacial score (nSPS) is 25.1. The van der Waals surface area contributed by atoms with Crippen LogP contribution in [-0.2, 0) is 20.9 Å². The maximum atomic E-state index is 13.4. The van der Waals surface area contributed by atoms with Crippen LogP contribution in [0.25, 0.3) is 0 Å². The Morgan fingerprint density at radius 3 is 2.71 bits per heavy atom. The van der Waals surface area contributed by atoms with Crippen molar-refractivity contribution in [2.75, 3.05) is 11.9 Å². The Morgan fingerprint density at radius 1 is 1.09 bits per heavy atom. The van der Waals surface area contributed by atoms with E-state index >= 15 is 0 Å². The average molecular weight is 469 g/mol. The van der Waals surface area contributed by atoms with Crippen LogP contribution in [0, 0.1) is 11.7 Å². The summed E-state index contributed by atoms with van der Waals surface area (Å²) in [5, 5.41) is 15.7. The first-order valence-electron chi connectivity index (χ1n) is 11.9. The molecule has 4 atom stereocenters. The van der Waals surface area contributed by atoms with Crippen LogP contribution in [0.4, 0.5) is 10.1 Å². The number of amides is 2. The molecule has 2 aromatic carbocycles. The quantitative estimate of drug-likeness (QED) is 0.553. The predicted molar refractivity (Wildman–Crippen MR) is 123 cm³/mol. The van der Waals surface area contributed by atoms with Gasteiger partial charge in [0.15, 0.2) is 0 Å². The number of carbonyl (C=O) groups is 2. The molecule has 7 nitrogen and oxygen atoms in total. The van der Waals surface area contributed by atoms with E-state index in [0.29, 0.717) is 30.1 Å². The predicted octanol–water partition coefficient (Wildman–Crippen LogP) is 3.27. The molecule has 2 fully saturated rings. The van der Waals surface area contributed by atoms with Gasteiger partial charge in [0.05, 0.1) is 19.1 Å². The van der Waals surface area contributed by atoms with E-state index in [0.717, 1.165) is 24.1 Å². The first kappa shape index (κ1) is 22.8. The Hall–Kier alpha value is -2.97. The van der Waals surface area contributed by atoms with Crippen LogP contribution in [0.15, 0.2) is 42.5 Å². The molecule has 8 heteroatoms. The summed E-state index contributed by atoms with van der Waals surface area (Å²) in [6.45, 7) is 0.0101. The Bertz CT molecular complexity index is 1070. The monoisotopic (exact) mass is 468 g/mol. The van der Waals surface area contributed by atoms with Crippen LogP contribution in [-0.4, -0.2) is 41.8 Å². The lowest BCUT2D eigenvalue weighted by Gasteiger charge is -2.37. The molecule has 1 aliphatic carbocycles. The number of anilines is 1. The molecule has 0 aromatic heterocycles. The molecule has 0 unspecified atom stereocenters. The molecule has 0 spiro atoms. The lowest BCUT2D eigenvalue weighted by atomic mass is 9.84. The summed E-state index contributed by atoms with van der Waals surface area (Å²) in [4.78, 5) is 24.8. The summed E-state index contributed by atoms with van der Waals surface area (Å²) in [5.41, 5.74) is 2.37. The SMILES string of the molecule is O=C(C[C@@H]1C[C@H]2c3cc(NC(=O)CC4CC4)ccc3O[C@H]2[C@@H](CO)O1)NCc1cccc(F)c1. The van der Waals surface area contributed by atoms with Gasteiger partial charge in [0.1, 0.15) is 23.8 Å². The highest BCUT2D eigenvalue weighted by molar-refractivity contribution is 5.91. The lowest BCUT2D eigenvalue weighted by Crippen LogP contribution is -2.47. The largest absolute Gasteiger partial charge is 0.487 e. The van der Waals surface area contributed by atoms with Crippen LogP contribution < -0.4 is 15.4 Å². The minimum atomic E-state index is -0.555. The number of aliphatic hydroxyl groups excluding tert-OH is 1. The highest BCUT2D eigenvalue weighted by atomic mass is 19.1. The zero-order chi connectivity index (χ0) is 23.7. The van der Waals surface area contributed by atoms with Crippen LogP contribution in [0.1, 0.15) is 49.1 Å². The number of aliphatic hydroxyl groups is 1. The Balaban J connectivity index is 1.23. The van der Waals surface area contributed by atoms with Crippen LogP contribution >= 0.6 is 0 Å². The van der Waals surface area contributed by atoms with Crippen LogP contribution in [0.5, 0.6) is 5.75 Å². The van der Waals surface area contributed by atoms with Gasteiger partial charge in [0.2, 0.25) is 11.8 Å². The van der Waals surface area contributed by atoms with E-state index in [1.807, 2.05) is 18.2 Å². The van der Waals surface area contributed by atoms with E-state index in [1.54, 1.807) is 12.1 Å². The van der Waals surface area contributed by atoms with Gasteiger partial charge in [0.25, 0.3) is 0 Å². The molecule has 2 aliphatic heterocycles. The van der Waals surface area contributed by atoms with Gasteiger partial charge in [0, 0.05) is 30.1 Å². The molecule has 34 heavy (non-hydrogen) atoms. The second kappa shape index (κ2) is 9.72. The molecule has 3 aliphatic rings. The third-order valence-electron chi connectivity index (χ3n) is 6.75. The van der Waals surface area contributed by atoms with E-state index < -0.39 is 12.2 Å². The van der Waals surface area contributed by atoms with Gasteiger partial charge in [-0.25, -0.2) is 4.39 Å². The fourth-order valence-electron chi connectivity index (χ4n) is 4.89. The van der Waals surface area contributed by atoms with Gasteiger partial charge in [-0.2, -0.15) is 0 Å². The average Bonchev–Trinajstić information content (AvgIpc) is 3.55. The third-order valence-corrected chi connectivity index (χ3v) is 6.75. The van der Waals surface area contributed by atoms with Crippen molar-refractivity contribution in [1.29, 1.82) is 0 Å². The highest BCUT2D eigenvalue weighted by Gasteiger charge is 2.46. The number of hydrogen-bond acceptors (Lipinski definition) is 5. The molecule has 5 rings (SSSR count). The Morgan fingerprint density at radius 2 is 1.94 bits per heavy atom. The Labute approximate surface area is 197 Å². The first-order valence-corrected chi connectivity index (χ1v) is 11.9. The molecule has 1 saturated carbocycles. The van der Waals surface area contributed by atoms with Gasteiger partial charge in [-0.15, -0.1) is 0 Å². The van der Waals surface area contributed by atoms with Gasteiger partial charge in [-0.3, -0.25) is 9.59 Å². The maximum Gasteiger partial charge on any atom is 0.224 e. The summed E-state index contributed by atoms with van der Waals surface area (Å²) in [5.74, 6) is 0.643. The molecule has 2 heterocycles. The van der Waals surface area contributed by atoms with Gasteiger partial charge in [-0.1, -0.05) is 12.1 Å². The summed E-state index contributed by atoms with van der Waals surface area (Å²) < 4.78 is 25.4. The summed E-state index contributed by atoms with van der Waals surface area (Å²) >= 11 is 0. The molecule has 2 amide bonds. The molecular weight excluding hydrogens is 439 g/mol. The summed E-state index contributed by atoms with van der Waals surface area (Å²) in [6.07, 6.45) is 2.18. The minimum absolute atomic E-state index is 0.0194. The van der Waals surface area contributed by atoms with E-state index in [4.69, 9.17) is 9.47 Å². The van der Waals surface area contributed by atoms with Crippen molar-refractivity contribution in [3.05, 3.63) is 59.4 Å². The topological polar surface area (TPSA) is 96.9 Å². The fraction of sp³-hybridized carbons (Fsp3) is 0.462. The second-order valence-electron chi connectivity index (χ2n) is 9.46. The first-order chi connectivity index (χ1) is 16.5. The smallest absolute Gasteiger partial charge is 0.224 e. The van der Waals surface area contributed by atoms with E-state index in [9.17, 15) is 19.1 Å². The number of hydrogen-bond donors (Lipinski definition) is 3. The lowest BCUT2D eigenvalue weighted by molar-refractivity contribution is -0.142. The molecule has 1 saturated heterocycles. The van der Waals surface area contributed by atoms with Gasteiger partial charge in [-0.05, 0) is 61.1 Å². The summed E-state index contributed by atoms with van der Waals surface area (Å²) in [7, 11) is 0. The molecular formula is C26H29FN2O5. The second-order valence-corrected chi connectivity index (χ2v) is 9.46. The number of benzene rings is 2. The number of carbonyl (C=O) groups excluding carboxylic acids is 2. The zero-order valence-corrected chi connectivity index (χ0v) is 18.8. The maximum absolute atomic E-state index is 13.4. The van der Waals surface area contributed by atoms with Gasteiger partial charge < -0.3 is 25.2 Å². The van der Waals surface area contributed by atoms with Crippen molar-refractivity contribution in [1.82, 2.24) is 5.32 Å². The van der Waals surface area contributed by atoms with Crippen molar-refractivity contribution in [3.8, 4) is 5.75 Å². The fourth-order valence-corrected chi connectivity index (χ4v) is 4.89.